The highest BCUT2D eigenvalue weighted by atomic mass is 79.9. The number of benzene rings is 2. The molecule has 0 aliphatic rings. The van der Waals surface area contributed by atoms with Crippen molar-refractivity contribution in [3.8, 4) is 10.4 Å². The SMILES string of the molecule is Cc1cc(Br)ccc1S(=O)(=O)Nc1csc(-c2ccccc2)c1. The van der Waals surface area contributed by atoms with E-state index in [1.54, 1.807) is 25.1 Å². The molecule has 0 spiro atoms. The van der Waals surface area contributed by atoms with Crippen molar-refractivity contribution < 1.29 is 8.42 Å². The van der Waals surface area contributed by atoms with E-state index < -0.39 is 10.0 Å². The number of hydrogen-bond acceptors (Lipinski definition) is 3. The molecular formula is C17H14BrNO2S2. The van der Waals surface area contributed by atoms with E-state index in [1.165, 1.54) is 11.3 Å². The van der Waals surface area contributed by atoms with Gasteiger partial charge in [0.05, 0.1) is 10.6 Å². The minimum atomic E-state index is -3.59. The Hall–Kier alpha value is -1.63. The molecule has 0 bridgehead atoms. The minimum Gasteiger partial charge on any atom is -0.279 e. The van der Waals surface area contributed by atoms with Crippen molar-refractivity contribution in [1.29, 1.82) is 0 Å². The van der Waals surface area contributed by atoms with Gasteiger partial charge >= 0.3 is 0 Å². The second kappa shape index (κ2) is 6.47. The van der Waals surface area contributed by atoms with Gasteiger partial charge in [-0.15, -0.1) is 11.3 Å². The molecule has 0 unspecified atom stereocenters. The van der Waals surface area contributed by atoms with Gasteiger partial charge in [-0.3, -0.25) is 4.72 Å². The van der Waals surface area contributed by atoms with Crippen LogP contribution in [0.5, 0.6) is 0 Å². The Bertz CT molecular complexity index is 934. The van der Waals surface area contributed by atoms with Crippen LogP contribution in [0.4, 0.5) is 5.69 Å². The molecule has 0 aliphatic carbocycles. The van der Waals surface area contributed by atoms with Crippen LogP contribution in [0.3, 0.4) is 0 Å². The van der Waals surface area contributed by atoms with Crippen molar-refractivity contribution in [3.63, 3.8) is 0 Å². The summed E-state index contributed by atoms with van der Waals surface area (Å²) in [5.41, 5.74) is 2.35. The Balaban J connectivity index is 1.88. The summed E-state index contributed by atoms with van der Waals surface area (Å²) in [4.78, 5) is 1.31. The summed E-state index contributed by atoms with van der Waals surface area (Å²) < 4.78 is 28.6. The maximum absolute atomic E-state index is 12.6. The normalized spacial score (nSPS) is 11.4. The Morgan fingerprint density at radius 1 is 1.04 bits per heavy atom. The zero-order valence-electron chi connectivity index (χ0n) is 12.3. The van der Waals surface area contributed by atoms with E-state index in [9.17, 15) is 8.42 Å². The van der Waals surface area contributed by atoms with E-state index >= 15 is 0 Å². The van der Waals surface area contributed by atoms with Crippen LogP contribution in [0.2, 0.25) is 0 Å². The van der Waals surface area contributed by atoms with Gasteiger partial charge in [-0.1, -0.05) is 46.3 Å². The number of nitrogens with one attached hydrogen (secondary N) is 1. The van der Waals surface area contributed by atoms with Crippen molar-refractivity contribution in [1.82, 2.24) is 0 Å². The fourth-order valence-electron chi connectivity index (χ4n) is 2.27. The Morgan fingerprint density at radius 2 is 1.78 bits per heavy atom. The van der Waals surface area contributed by atoms with Gasteiger partial charge in [0.2, 0.25) is 0 Å². The molecule has 0 radical (unpaired) electrons. The molecule has 3 rings (SSSR count). The minimum absolute atomic E-state index is 0.285. The van der Waals surface area contributed by atoms with Gasteiger partial charge in [0, 0.05) is 14.7 Å². The first-order valence-electron chi connectivity index (χ1n) is 6.89. The first-order chi connectivity index (χ1) is 11.0. The van der Waals surface area contributed by atoms with Gasteiger partial charge in [0.1, 0.15) is 0 Å². The lowest BCUT2D eigenvalue weighted by Gasteiger charge is -2.09. The summed E-state index contributed by atoms with van der Waals surface area (Å²) in [6.45, 7) is 1.78. The van der Waals surface area contributed by atoms with E-state index in [4.69, 9.17) is 0 Å². The second-order valence-electron chi connectivity index (χ2n) is 5.08. The van der Waals surface area contributed by atoms with Crippen LogP contribution < -0.4 is 4.72 Å². The third-order valence-corrected chi connectivity index (χ3v) is 6.35. The number of thiophene rings is 1. The van der Waals surface area contributed by atoms with Gasteiger partial charge in [0.25, 0.3) is 10.0 Å². The molecule has 0 aliphatic heterocycles. The van der Waals surface area contributed by atoms with Crippen LogP contribution in [0.15, 0.2) is 69.3 Å². The van der Waals surface area contributed by atoms with Crippen molar-refractivity contribution in [3.05, 3.63) is 70.0 Å². The Morgan fingerprint density at radius 3 is 2.48 bits per heavy atom. The molecule has 2 aromatic carbocycles. The number of sulfonamides is 1. The fourth-order valence-corrected chi connectivity index (χ4v) is 4.93. The second-order valence-corrected chi connectivity index (χ2v) is 8.56. The zero-order valence-corrected chi connectivity index (χ0v) is 15.5. The number of hydrogen-bond donors (Lipinski definition) is 1. The number of halogens is 1. The molecule has 6 heteroatoms. The summed E-state index contributed by atoms with van der Waals surface area (Å²) in [5.74, 6) is 0. The van der Waals surface area contributed by atoms with Crippen molar-refractivity contribution in [2.75, 3.05) is 4.72 Å². The van der Waals surface area contributed by atoms with Crippen LogP contribution in [0.1, 0.15) is 5.56 Å². The number of rotatable bonds is 4. The lowest BCUT2D eigenvalue weighted by molar-refractivity contribution is 0.600. The predicted molar refractivity (Wildman–Crippen MR) is 99.4 cm³/mol. The van der Waals surface area contributed by atoms with Crippen molar-refractivity contribution >= 4 is 43.0 Å². The molecule has 1 aromatic heterocycles. The predicted octanol–water partition coefficient (Wildman–Crippen LogP) is 5.29. The summed E-state index contributed by atoms with van der Waals surface area (Å²) in [6.07, 6.45) is 0. The maximum Gasteiger partial charge on any atom is 0.262 e. The number of anilines is 1. The van der Waals surface area contributed by atoms with Crippen LogP contribution in [0, 0.1) is 6.92 Å². The molecule has 118 valence electrons. The van der Waals surface area contributed by atoms with E-state index in [1.807, 2.05) is 41.8 Å². The van der Waals surface area contributed by atoms with Crippen LogP contribution in [0.25, 0.3) is 10.4 Å². The molecule has 3 nitrogen and oxygen atoms in total. The largest absolute Gasteiger partial charge is 0.279 e. The van der Waals surface area contributed by atoms with Crippen LogP contribution >= 0.6 is 27.3 Å². The highest BCUT2D eigenvalue weighted by Gasteiger charge is 2.17. The summed E-state index contributed by atoms with van der Waals surface area (Å²) in [6, 6.07) is 16.9. The quantitative estimate of drug-likeness (QED) is 0.638. The fraction of sp³-hybridized carbons (Fsp3) is 0.0588. The molecule has 1 N–H and O–H groups in total. The molecule has 0 atom stereocenters. The third kappa shape index (κ3) is 3.65. The average Bonchev–Trinajstić information content (AvgIpc) is 2.95. The molecule has 23 heavy (non-hydrogen) atoms. The van der Waals surface area contributed by atoms with Crippen LogP contribution in [-0.4, -0.2) is 8.42 Å². The summed E-state index contributed by atoms with van der Waals surface area (Å²) >= 11 is 4.86. The van der Waals surface area contributed by atoms with Crippen molar-refractivity contribution in [2.45, 2.75) is 11.8 Å². The molecule has 1 heterocycles. The molecule has 3 aromatic rings. The number of aryl methyl sites for hydroxylation is 1. The molecular weight excluding hydrogens is 394 g/mol. The summed E-state index contributed by atoms with van der Waals surface area (Å²) in [5, 5.41) is 1.81. The highest BCUT2D eigenvalue weighted by molar-refractivity contribution is 9.10. The molecule has 0 saturated carbocycles. The monoisotopic (exact) mass is 407 g/mol. The first-order valence-corrected chi connectivity index (χ1v) is 10.0. The lowest BCUT2D eigenvalue weighted by Crippen LogP contribution is -2.13. The van der Waals surface area contributed by atoms with Gasteiger partial charge in [-0.25, -0.2) is 8.42 Å². The average molecular weight is 408 g/mol. The standard InChI is InChI=1S/C17H14BrNO2S2/c1-12-9-14(18)7-8-17(12)23(20,21)19-15-10-16(22-11-15)13-5-3-2-4-6-13/h2-11,19H,1H3. The maximum atomic E-state index is 12.6. The smallest absolute Gasteiger partial charge is 0.262 e. The zero-order chi connectivity index (χ0) is 16.4. The summed E-state index contributed by atoms with van der Waals surface area (Å²) in [7, 11) is -3.59. The van der Waals surface area contributed by atoms with E-state index in [2.05, 4.69) is 20.7 Å². The Kier molecular flexibility index (Phi) is 4.57. The first kappa shape index (κ1) is 16.2. The third-order valence-electron chi connectivity index (χ3n) is 3.34. The van der Waals surface area contributed by atoms with Crippen LogP contribution in [-0.2, 0) is 10.0 Å². The van der Waals surface area contributed by atoms with Gasteiger partial charge in [-0.05, 0) is 42.3 Å². The molecule has 0 fully saturated rings. The van der Waals surface area contributed by atoms with E-state index in [0.29, 0.717) is 11.3 Å². The van der Waals surface area contributed by atoms with E-state index in [0.717, 1.165) is 14.9 Å². The van der Waals surface area contributed by atoms with Gasteiger partial charge in [0.15, 0.2) is 0 Å². The Labute approximate surface area is 148 Å². The molecule has 0 saturated heterocycles. The lowest BCUT2D eigenvalue weighted by atomic mass is 10.2. The van der Waals surface area contributed by atoms with Gasteiger partial charge in [-0.2, -0.15) is 0 Å². The highest BCUT2D eigenvalue weighted by Crippen LogP contribution is 2.31. The van der Waals surface area contributed by atoms with Crippen molar-refractivity contribution in [2.24, 2.45) is 0 Å². The van der Waals surface area contributed by atoms with E-state index in [-0.39, 0.29) is 4.90 Å². The van der Waals surface area contributed by atoms with Gasteiger partial charge < -0.3 is 0 Å². The molecule has 0 amide bonds. The topological polar surface area (TPSA) is 46.2 Å².